The van der Waals surface area contributed by atoms with Gasteiger partial charge in [0.25, 0.3) is 0 Å². The number of methoxy groups -OCH3 is 1. The Bertz CT molecular complexity index is 210. The Kier molecular flexibility index (Phi) is 5.90. The van der Waals surface area contributed by atoms with Crippen molar-refractivity contribution in [3.63, 3.8) is 0 Å². The van der Waals surface area contributed by atoms with Crippen molar-refractivity contribution in [2.75, 3.05) is 34.4 Å². The van der Waals surface area contributed by atoms with Crippen molar-refractivity contribution >= 4 is 0 Å². The highest BCUT2D eigenvalue weighted by molar-refractivity contribution is 4.95. The molecule has 1 aliphatic rings. The molecule has 3 heteroatoms. The van der Waals surface area contributed by atoms with E-state index in [0.29, 0.717) is 17.5 Å². The van der Waals surface area contributed by atoms with Crippen LogP contribution in [0.2, 0.25) is 0 Å². The van der Waals surface area contributed by atoms with Crippen LogP contribution in [0.25, 0.3) is 0 Å². The summed E-state index contributed by atoms with van der Waals surface area (Å²) in [5.74, 6) is 0.621. The molecule has 3 nitrogen and oxygen atoms in total. The van der Waals surface area contributed by atoms with Crippen LogP contribution in [0.1, 0.15) is 39.5 Å². The third-order valence-electron chi connectivity index (χ3n) is 4.33. The number of rotatable bonds is 7. The molecule has 0 aromatic heterocycles. The molecule has 1 N–H and O–H groups in total. The minimum atomic E-state index is 0.376. The zero-order chi connectivity index (χ0) is 12.9. The number of hydrogen-bond donors (Lipinski definition) is 1. The fraction of sp³-hybridized carbons (Fsp3) is 1.00. The molecule has 1 fully saturated rings. The summed E-state index contributed by atoms with van der Waals surface area (Å²) in [6.07, 6.45) is 5.39. The lowest BCUT2D eigenvalue weighted by Crippen LogP contribution is -2.53. The second-order valence-electron chi connectivity index (χ2n) is 6.01. The van der Waals surface area contributed by atoms with Crippen molar-refractivity contribution in [1.29, 1.82) is 0 Å². The van der Waals surface area contributed by atoms with Gasteiger partial charge in [0.1, 0.15) is 0 Å². The Hall–Kier alpha value is -0.120. The molecule has 1 saturated carbocycles. The van der Waals surface area contributed by atoms with E-state index in [1.54, 1.807) is 7.11 Å². The molecule has 102 valence electrons. The molecular weight excluding hydrogens is 212 g/mol. The van der Waals surface area contributed by atoms with Gasteiger partial charge >= 0.3 is 0 Å². The molecule has 0 heterocycles. The molecular formula is C14H30N2O. The summed E-state index contributed by atoms with van der Waals surface area (Å²) in [7, 11) is 6.22. The molecule has 0 spiro atoms. The third kappa shape index (κ3) is 3.94. The maximum atomic E-state index is 5.30. The second-order valence-corrected chi connectivity index (χ2v) is 6.01. The van der Waals surface area contributed by atoms with Gasteiger partial charge in [-0.15, -0.1) is 0 Å². The van der Waals surface area contributed by atoms with Crippen LogP contribution in [0.5, 0.6) is 0 Å². The summed E-state index contributed by atoms with van der Waals surface area (Å²) < 4.78 is 5.30. The van der Waals surface area contributed by atoms with Crippen molar-refractivity contribution in [2.24, 2.45) is 5.92 Å². The van der Waals surface area contributed by atoms with Gasteiger partial charge in [0.15, 0.2) is 0 Å². The summed E-state index contributed by atoms with van der Waals surface area (Å²) in [6.45, 7) is 6.41. The van der Waals surface area contributed by atoms with Crippen molar-refractivity contribution < 1.29 is 4.74 Å². The Morgan fingerprint density at radius 1 is 1.24 bits per heavy atom. The highest BCUT2D eigenvalue weighted by atomic mass is 16.5. The van der Waals surface area contributed by atoms with Gasteiger partial charge < -0.3 is 15.0 Å². The molecule has 1 rings (SSSR count). The summed E-state index contributed by atoms with van der Waals surface area (Å²) in [6, 6.07) is 0.470. The summed E-state index contributed by atoms with van der Waals surface area (Å²) in [5, 5.41) is 3.72. The molecule has 0 aliphatic heterocycles. The predicted molar refractivity (Wildman–Crippen MR) is 73.4 cm³/mol. The van der Waals surface area contributed by atoms with Gasteiger partial charge in [0.05, 0.1) is 6.61 Å². The van der Waals surface area contributed by atoms with Crippen LogP contribution in [0.4, 0.5) is 0 Å². The maximum absolute atomic E-state index is 5.30. The summed E-state index contributed by atoms with van der Waals surface area (Å²) >= 11 is 0. The number of likely N-dealkylation sites (N-methyl/N-ethyl adjacent to an activating group) is 1. The van der Waals surface area contributed by atoms with Gasteiger partial charge in [-0.05, 0) is 32.9 Å². The minimum absolute atomic E-state index is 0.376. The quantitative estimate of drug-likeness (QED) is 0.740. The van der Waals surface area contributed by atoms with Crippen molar-refractivity contribution in [1.82, 2.24) is 10.2 Å². The molecule has 0 bridgehead atoms. The third-order valence-corrected chi connectivity index (χ3v) is 4.33. The lowest BCUT2D eigenvalue weighted by molar-refractivity contribution is 0.114. The van der Waals surface area contributed by atoms with E-state index in [-0.39, 0.29) is 0 Å². The molecule has 0 aromatic carbocycles. The number of ether oxygens (including phenoxy) is 1. The first-order chi connectivity index (χ1) is 8.02. The van der Waals surface area contributed by atoms with Gasteiger partial charge in [-0.2, -0.15) is 0 Å². The summed E-state index contributed by atoms with van der Waals surface area (Å²) in [5.41, 5.74) is 0.376. The van der Waals surface area contributed by atoms with E-state index in [0.717, 1.165) is 13.2 Å². The minimum Gasteiger partial charge on any atom is -0.383 e. The largest absolute Gasteiger partial charge is 0.383 e. The molecule has 1 aliphatic carbocycles. The highest BCUT2D eigenvalue weighted by Crippen LogP contribution is 2.33. The van der Waals surface area contributed by atoms with Crippen molar-refractivity contribution in [3.8, 4) is 0 Å². The standard InChI is InChI=1S/C14H30N2O/c1-12(2)13(10-17-5)15-11-14(16(3)4)8-6-7-9-14/h12-13,15H,6-11H2,1-5H3. The predicted octanol–water partition coefficient (Wildman–Crippen LogP) is 2.12. The number of nitrogens with one attached hydrogen (secondary N) is 1. The molecule has 1 atom stereocenters. The zero-order valence-electron chi connectivity index (χ0n) is 12.3. The first kappa shape index (κ1) is 14.9. The molecule has 17 heavy (non-hydrogen) atoms. The van der Waals surface area contributed by atoms with E-state index in [2.05, 4.69) is 38.2 Å². The maximum Gasteiger partial charge on any atom is 0.0618 e. The van der Waals surface area contributed by atoms with Gasteiger partial charge in [-0.25, -0.2) is 0 Å². The SMILES string of the molecule is COCC(NCC1(N(C)C)CCCC1)C(C)C. The van der Waals surface area contributed by atoms with E-state index in [1.807, 2.05) is 0 Å². The van der Waals surface area contributed by atoms with Crippen LogP contribution in [0.15, 0.2) is 0 Å². The Morgan fingerprint density at radius 2 is 1.82 bits per heavy atom. The van der Waals surface area contributed by atoms with Crippen LogP contribution < -0.4 is 5.32 Å². The average Bonchev–Trinajstić information content (AvgIpc) is 2.73. The van der Waals surface area contributed by atoms with Gasteiger partial charge in [-0.3, -0.25) is 0 Å². The lowest BCUT2D eigenvalue weighted by atomic mass is 9.94. The molecule has 0 saturated heterocycles. The van der Waals surface area contributed by atoms with E-state index < -0.39 is 0 Å². The van der Waals surface area contributed by atoms with Gasteiger partial charge in [0, 0.05) is 25.2 Å². The van der Waals surface area contributed by atoms with Gasteiger partial charge in [0.2, 0.25) is 0 Å². The zero-order valence-corrected chi connectivity index (χ0v) is 12.3. The lowest BCUT2D eigenvalue weighted by Gasteiger charge is -2.38. The first-order valence-electron chi connectivity index (χ1n) is 6.91. The Balaban J connectivity index is 2.50. The van der Waals surface area contributed by atoms with Crippen molar-refractivity contribution in [3.05, 3.63) is 0 Å². The second kappa shape index (κ2) is 6.72. The Morgan fingerprint density at radius 3 is 2.24 bits per heavy atom. The molecule has 0 radical (unpaired) electrons. The fourth-order valence-electron chi connectivity index (χ4n) is 2.80. The number of hydrogen-bond acceptors (Lipinski definition) is 3. The van der Waals surface area contributed by atoms with E-state index >= 15 is 0 Å². The normalized spacial score (nSPS) is 21.4. The van der Waals surface area contributed by atoms with E-state index in [4.69, 9.17) is 4.74 Å². The van der Waals surface area contributed by atoms with Crippen LogP contribution in [0, 0.1) is 5.92 Å². The Labute approximate surface area is 107 Å². The van der Waals surface area contributed by atoms with Crippen LogP contribution >= 0.6 is 0 Å². The summed E-state index contributed by atoms with van der Waals surface area (Å²) in [4.78, 5) is 2.41. The van der Waals surface area contributed by atoms with Gasteiger partial charge in [-0.1, -0.05) is 26.7 Å². The topological polar surface area (TPSA) is 24.5 Å². The smallest absolute Gasteiger partial charge is 0.0618 e. The average molecular weight is 242 g/mol. The first-order valence-corrected chi connectivity index (χ1v) is 6.91. The number of nitrogens with zero attached hydrogens (tertiary/aromatic N) is 1. The van der Waals surface area contributed by atoms with E-state index in [1.165, 1.54) is 25.7 Å². The monoisotopic (exact) mass is 242 g/mol. The fourth-order valence-corrected chi connectivity index (χ4v) is 2.80. The highest BCUT2D eigenvalue weighted by Gasteiger charge is 2.36. The van der Waals surface area contributed by atoms with Crippen LogP contribution in [-0.2, 0) is 4.74 Å². The molecule has 0 aromatic rings. The molecule has 1 unspecified atom stereocenters. The van der Waals surface area contributed by atoms with Crippen molar-refractivity contribution in [2.45, 2.75) is 51.1 Å². The van der Waals surface area contributed by atoms with Crippen LogP contribution in [0.3, 0.4) is 0 Å². The van der Waals surface area contributed by atoms with Crippen LogP contribution in [-0.4, -0.2) is 50.8 Å². The molecule has 0 amide bonds. The van der Waals surface area contributed by atoms with E-state index in [9.17, 15) is 0 Å².